The van der Waals surface area contributed by atoms with Crippen LogP contribution in [0.4, 0.5) is 0 Å². The highest BCUT2D eigenvalue weighted by atomic mass is 32.2. The molecule has 1 saturated carbocycles. The molecule has 1 N–H and O–H groups in total. The lowest BCUT2D eigenvalue weighted by Gasteiger charge is -2.20. The zero-order chi connectivity index (χ0) is 12.0. The fraction of sp³-hybridized carbons (Fsp3) is 0.818. The second-order valence-corrected chi connectivity index (χ2v) is 5.19. The summed E-state index contributed by atoms with van der Waals surface area (Å²) in [5.74, 6) is 0.571. The van der Waals surface area contributed by atoms with Crippen LogP contribution < -0.4 is 0 Å². The van der Waals surface area contributed by atoms with Crippen LogP contribution in [0.25, 0.3) is 0 Å². The average molecular weight is 245 g/mol. The number of amides is 1. The standard InChI is InChI=1S/C11H19NO3S/c1-16-6-2-3-10(13)12(8-11(14)15)7-9-4-5-9/h9H,2-8H2,1H3,(H,14,15). The first kappa shape index (κ1) is 13.4. The van der Waals surface area contributed by atoms with E-state index in [4.69, 9.17) is 5.11 Å². The minimum Gasteiger partial charge on any atom is -0.480 e. The Hall–Kier alpha value is -0.710. The lowest BCUT2D eigenvalue weighted by Crippen LogP contribution is -2.37. The van der Waals surface area contributed by atoms with E-state index in [1.54, 1.807) is 11.8 Å². The second kappa shape index (κ2) is 6.78. The van der Waals surface area contributed by atoms with Crippen LogP contribution in [0.1, 0.15) is 25.7 Å². The van der Waals surface area contributed by atoms with E-state index in [1.165, 1.54) is 4.90 Å². The zero-order valence-corrected chi connectivity index (χ0v) is 10.5. The molecule has 0 aromatic rings. The van der Waals surface area contributed by atoms with E-state index in [0.717, 1.165) is 25.0 Å². The number of aliphatic carboxylic acids is 1. The fourth-order valence-corrected chi connectivity index (χ4v) is 1.99. The van der Waals surface area contributed by atoms with Crippen molar-refractivity contribution in [2.45, 2.75) is 25.7 Å². The predicted octanol–water partition coefficient (Wildman–Crippen LogP) is 1.45. The number of carboxylic acid groups (broad SMARTS) is 1. The van der Waals surface area contributed by atoms with Gasteiger partial charge in [-0.05, 0) is 37.2 Å². The van der Waals surface area contributed by atoms with E-state index in [2.05, 4.69) is 0 Å². The van der Waals surface area contributed by atoms with Gasteiger partial charge in [0, 0.05) is 13.0 Å². The Balaban J connectivity index is 2.33. The van der Waals surface area contributed by atoms with Gasteiger partial charge < -0.3 is 10.0 Å². The van der Waals surface area contributed by atoms with Crippen LogP contribution >= 0.6 is 11.8 Å². The molecule has 0 unspecified atom stereocenters. The highest BCUT2D eigenvalue weighted by Crippen LogP contribution is 2.29. The molecule has 0 spiro atoms. The van der Waals surface area contributed by atoms with Gasteiger partial charge in [0.1, 0.15) is 6.54 Å². The van der Waals surface area contributed by atoms with Crippen molar-refractivity contribution in [3.05, 3.63) is 0 Å². The largest absolute Gasteiger partial charge is 0.480 e. The third-order valence-corrected chi connectivity index (χ3v) is 3.29. The van der Waals surface area contributed by atoms with Gasteiger partial charge >= 0.3 is 5.97 Å². The van der Waals surface area contributed by atoms with E-state index in [9.17, 15) is 9.59 Å². The van der Waals surface area contributed by atoms with Crippen LogP contribution in [0, 0.1) is 5.92 Å². The molecule has 0 saturated heterocycles. The zero-order valence-electron chi connectivity index (χ0n) is 9.65. The second-order valence-electron chi connectivity index (χ2n) is 4.21. The van der Waals surface area contributed by atoms with E-state index < -0.39 is 5.97 Å². The Morgan fingerprint density at radius 1 is 1.44 bits per heavy atom. The smallest absolute Gasteiger partial charge is 0.323 e. The number of hydrogen-bond acceptors (Lipinski definition) is 3. The van der Waals surface area contributed by atoms with Crippen molar-refractivity contribution in [1.29, 1.82) is 0 Å². The van der Waals surface area contributed by atoms with Crippen LogP contribution in [-0.4, -0.2) is 47.0 Å². The molecule has 5 heteroatoms. The first-order valence-electron chi connectivity index (χ1n) is 5.62. The minimum absolute atomic E-state index is 0.0108. The summed E-state index contributed by atoms with van der Waals surface area (Å²) < 4.78 is 0. The maximum atomic E-state index is 11.8. The van der Waals surface area contributed by atoms with Crippen molar-refractivity contribution in [2.75, 3.05) is 25.1 Å². The number of carbonyl (C=O) groups is 2. The molecule has 1 amide bonds. The molecule has 1 aliphatic rings. The SMILES string of the molecule is CSCCCC(=O)N(CC(=O)O)CC1CC1. The number of nitrogens with zero attached hydrogens (tertiary/aromatic N) is 1. The first-order valence-corrected chi connectivity index (χ1v) is 7.01. The van der Waals surface area contributed by atoms with Crippen molar-refractivity contribution in [1.82, 2.24) is 4.90 Å². The van der Waals surface area contributed by atoms with Crippen LogP contribution in [-0.2, 0) is 9.59 Å². The molecule has 0 atom stereocenters. The number of thioether (sulfide) groups is 1. The topological polar surface area (TPSA) is 57.6 Å². The average Bonchev–Trinajstić information content (AvgIpc) is 3.00. The monoisotopic (exact) mass is 245 g/mol. The molecular weight excluding hydrogens is 226 g/mol. The van der Waals surface area contributed by atoms with E-state index in [1.807, 2.05) is 6.26 Å². The molecule has 0 radical (unpaired) electrons. The highest BCUT2D eigenvalue weighted by Gasteiger charge is 2.27. The first-order chi connectivity index (χ1) is 7.63. The van der Waals surface area contributed by atoms with Crippen molar-refractivity contribution in [3.8, 4) is 0 Å². The predicted molar refractivity (Wildman–Crippen MR) is 64.6 cm³/mol. The Morgan fingerprint density at radius 3 is 2.62 bits per heavy atom. The number of rotatable bonds is 8. The molecule has 16 heavy (non-hydrogen) atoms. The lowest BCUT2D eigenvalue weighted by atomic mass is 10.2. The summed E-state index contributed by atoms with van der Waals surface area (Å²) in [6.45, 7) is 0.485. The number of carboxylic acids is 1. The molecule has 1 aliphatic carbocycles. The lowest BCUT2D eigenvalue weighted by molar-refractivity contribution is -0.144. The summed E-state index contributed by atoms with van der Waals surface area (Å²) in [6, 6.07) is 0. The summed E-state index contributed by atoms with van der Waals surface area (Å²) in [4.78, 5) is 23.9. The van der Waals surface area contributed by atoms with Gasteiger partial charge in [0.2, 0.25) is 5.91 Å². The van der Waals surface area contributed by atoms with Crippen molar-refractivity contribution < 1.29 is 14.7 Å². The van der Waals surface area contributed by atoms with Crippen LogP contribution in [0.2, 0.25) is 0 Å². The summed E-state index contributed by atoms with van der Waals surface area (Å²) in [5, 5.41) is 8.74. The van der Waals surface area contributed by atoms with Crippen molar-refractivity contribution in [2.24, 2.45) is 5.92 Å². The highest BCUT2D eigenvalue weighted by molar-refractivity contribution is 7.98. The molecule has 0 aliphatic heterocycles. The molecule has 0 aromatic heterocycles. The molecule has 92 valence electrons. The summed E-state index contributed by atoms with van der Waals surface area (Å²) in [5.41, 5.74) is 0. The summed E-state index contributed by atoms with van der Waals surface area (Å²) in [7, 11) is 0. The van der Waals surface area contributed by atoms with Gasteiger partial charge in [0.25, 0.3) is 0 Å². The number of carbonyl (C=O) groups excluding carboxylic acids is 1. The van der Waals surface area contributed by atoms with E-state index in [-0.39, 0.29) is 12.5 Å². The van der Waals surface area contributed by atoms with Crippen LogP contribution in [0.15, 0.2) is 0 Å². The Bertz CT molecular complexity index is 254. The van der Waals surface area contributed by atoms with Gasteiger partial charge in [0.15, 0.2) is 0 Å². The van der Waals surface area contributed by atoms with Gasteiger partial charge in [-0.1, -0.05) is 0 Å². The fourth-order valence-electron chi connectivity index (χ4n) is 1.56. The summed E-state index contributed by atoms with van der Waals surface area (Å²) in [6.07, 6.45) is 5.58. The van der Waals surface area contributed by atoms with Crippen molar-refractivity contribution >= 4 is 23.6 Å². The van der Waals surface area contributed by atoms with Crippen LogP contribution in [0.5, 0.6) is 0 Å². The molecule has 1 fully saturated rings. The van der Waals surface area contributed by atoms with Gasteiger partial charge in [-0.15, -0.1) is 0 Å². The van der Waals surface area contributed by atoms with E-state index >= 15 is 0 Å². The molecule has 4 nitrogen and oxygen atoms in total. The normalized spacial score (nSPS) is 14.8. The Labute approximate surface area is 100 Å². The van der Waals surface area contributed by atoms with Crippen LogP contribution in [0.3, 0.4) is 0 Å². The van der Waals surface area contributed by atoms with Crippen molar-refractivity contribution in [3.63, 3.8) is 0 Å². The number of hydrogen-bond donors (Lipinski definition) is 1. The van der Waals surface area contributed by atoms with Gasteiger partial charge in [-0.25, -0.2) is 0 Å². The Kier molecular flexibility index (Phi) is 5.66. The summed E-state index contributed by atoms with van der Waals surface area (Å²) >= 11 is 1.71. The van der Waals surface area contributed by atoms with Gasteiger partial charge in [0.05, 0.1) is 0 Å². The Morgan fingerprint density at radius 2 is 2.12 bits per heavy atom. The van der Waals surface area contributed by atoms with E-state index in [0.29, 0.717) is 18.9 Å². The molecule has 0 heterocycles. The molecule has 0 bridgehead atoms. The molecule has 1 rings (SSSR count). The quantitative estimate of drug-likeness (QED) is 0.658. The maximum Gasteiger partial charge on any atom is 0.323 e. The molecular formula is C11H19NO3S. The van der Waals surface area contributed by atoms with Gasteiger partial charge in [-0.3, -0.25) is 9.59 Å². The third-order valence-electron chi connectivity index (χ3n) is 2.59. The third kappa shape index (κ3) is 5.39. The maximum absolute atomic E-state index is 11.8. The van der Waals surface area contributed by atoms with Gasteiger partial charge in [-0.2, -0.15) is 11.8 Å². The minimum atomic E-state index is -0.918. The molecule has 0 aromatic carbocycles.